The Morgan fingerprint density at radius 2 is 2.00 bits per heavy atom. The van der Waals surface area contributed by atoms with Gasteiger partial charge in [0.05, 0.1) is 0 Å². The van der Waals surface area contributed by atoms with E-state index in [4.69, 9.17) is 4.80 Å². The van der Waals surface area contributed by atoms with Crippen molar-refractivity contribution in [2.24, 2.45) is 5.40 Å². The van der Waals surface area contributed by atoms with Crippen molar-refractivity contribution >= 4 is 20.4 Å². The molecule has 0 saturated carbocycles. The van der Waals surface area contributed by atoms with Gasteiger partial charge in [0.1, 0.15) is 0 Å². The maximum absolute atomic E-state index is 7.84. The second-order valence-electron chi connectivity index (χ2n) is 0.414. The second-order valence-corrected chi connectivity index (χ2v) is 2.83. The average molecular weight is 95.2 g/mol. The first-order chi connectivity index (χ1) is 1.73. The van der Waals surface area contributed by atoms with Gasteiger partial charge in [-0.2, -0.15) is 12.1 Å². The standard InChI is InChI=1S/H5NOSSi/c1-4(2)3/h2-4H,1H2. The van der Waals surface area contributed by atoms with Gasteiger partial charge in [-0.1, -0.05) is 0 Å². The quantitative estimate of drug-likeness (QED) is 0.255. The van der Waals surface area contributed by atoms with Gasteiger partial charge in [-0.3, -0.25) is 0 Å². The van der Waals surface area contributed by atoms with Crippen LogP contribution in [0.2, 0.25) is 0 Å². The lowest BCUT2D eigenvalue weighted by molar-refractivity contribution is 0.598. The number of hydrogen-bond acceptors (Lipinski definition) is 3. The Labute approximate surface area is 31.5 Å². The normalized spacial score (nSPS) is 15.8. The van der Waals surface area contributed by atoms with Gasteiger partial charge in [-0.05, 0) is 0 Å². The smallest absolute Gasteiger partial charge is 0.309 e. The third-order valence-corrected chi connectivity index (χ3v) is 0. The molecule has 0 spiro atoms. The number of nitrogens with two attached hydrogens (primary N) is 1. The van der Waals surface area contributed by atoms with Crippen LogP contribution in [0.15, 0.2) is 0 Å². The van der Waals surface area contributed by atoms with Gasteiger partial charge in [0.15, 0.2) is 0 Å². The second kappa shape index (κ2) is 1.77. The Morgan fingerprint density at radius 3 is 2.00 bits per heavy atom. The summed E-state index contributed by atoms with van der Waals surface area (Å²) >= 11 is 3.44. The minimum atomic E-state index is -1.94. The van der Waals surface area contributed by atoms with Gasteiger partial charge in [-0.15, -0.1) is 0 Å². The molecular weight excluding hydrogens is 90.2 g/mol. The molecule has 0 aliphatic carbocycles. The maximum atomic E-state index is 7.84. The molecule has 0 amide bonds. The van der Waals surface area contributed by atoms with Crippen LogP contribution in [-0.4, -0.2) is 13.1 Å². The predicted molar refractivity (Wildman–Crippen MR) is 22.5 cm³/mol. The third kappa shape index (κ3) is 23.2. The van der Waals surface area contributed by atoms with Gasteiger partial charge >= 0.3 is 8.35 Å². The van der Waals surface area contributed by atoms with Gasteiger partial charge in [0.2, 0.25) is 0 Å². The molecule has 1 atom stereocenters. The molecule has 26 valence electrons. The molecule has 4 heavy (non-hydrogen) atoms. The van der Waals surface area contributed by atoms with Crippen LogP contribution in [0.25, 0.3) is 0 Å². The summed E-state index contributed by atoms with van der Waals surface area (Å²) in [6.45, 7) is 0. The van der Waals surface area contributed by atoms with Crippen LogP contribution in [0.1, 0.15) is 0 Å². The average Bonchev–Trinajstić information content (AvgIpc) is 0.811. The van der Waals surface area contributed by atoms with Crippen molar-refractivity contribution in [2.45, 2.75) is 0 Å². The van der Waals surface area contributed by atoms with E-state index >= 15 is 0 Å². The lowest BCUT2D eigenvalue weighted by Crippen LogP contribution is -2.15. The summed E-state index contributed by atoms with van der Waals surface area (Å²) < 4.78 is 0. The summed E-state index contributed by atoms with van der Waals surface area (Å²) in [7, 11) is -1.94. The van der Waals surface area contributed by atoms with E-state index in [1.165, 1.54) is 0 Å². The Bertz CT molecular complexity index is 12.8. The van der Waals surface area contributed by atoms with Crippen LogP contribution >= 0.6 is 12.1 Å². The van der Waals surface area contributed by atoms with Crippen molar-refractivity contribution in [3.63, 3.8) is 0 Å². The van der Waals surface area contributed by atoms with Crippen LogP contribution < -0.4 is 5.40 Å². The summed E-state index contributed by atoms with van der Waals surface area (Å²) in [5.74, 6) is 0. The Balaban J connectivity index is 2.32. The van der Waals surface area contributed by atoms with Gasteiger partial charge in [-0.25, -0.2) is 0 Å². The van der Waals surface area contributed by atoms with E-state index < -0.39 is 8.35 Å². The lowest BCUT2D eigenvalue weighted by Gasteiger charge is -1.76. The molecule has 0 aromatic heterocycles. The fraction of sp³-hybridized carbons (Fsp3) is 0. The first-order valence-corrected chi connectivity index (χ1v) is 4.10. The molecule has 4 heteroatoms. The highest BCUT2D eigenvalue weighted by Gasteiger charge is 1.77. The van der Waals surface area contributed by atoms with Gasteiger partial charge in [0, 0.05) is 0 Å². The summed E-state index contributed by atoms with van der Waals surface area (Å²) in [5.41, 5.74) is 0. The monoisotopic (exact) mass is 95.0 g/mol. The SMILES string of the molecule is N[SiH](O)S. The molecular formula is H5NOSSi. The fourth-order valence-electron chi connectivity index (χ4n) is 0. The molecule has 0 aliphatic rings. The summed E-state index contributed by atoms with van der Waals surface area (Å²) in [5, 5.41) is 4.67. The predicted octanol–water partition coefficient (Wildman–Crippen LogP) is -1.42. The van der Waals surface area contributed by atoms with E-state index in [1.807, 2.05) is 0 Å². The van der Waals surface area contributed by atoms with Crippen molar-refractivity contribution in [1.29, 1.82) is 0 Å². The van der Waals surface area contributed by atoms with E-state index in [2.05, 4.69) is 17.5 Å². The molecule has 0 radical (unpaired) electrons. The molecule has 0 heterocycles. The molecule has 0 aromatic rings. The summed E-state index contributed by atoms with van der Waals surface area (Å²) in [4.78, 5) is 7.84. The summed E-state index contributed by atoms with van der Waals surface area (Å²) in [6.07, 6.45) is 0. The van der Waals surface area contributed by atoms with Crippen LogP contribution in [0.4, 0.5) is 0 Å². The zero-order valence-electron chi connectivity index (χ0n) is 2.05. The Kier molecular flexibility index (Phi) is 1.99. The van der Waals surface area contributed by atoms with E-state index in [0.29, 0.717) is 0 Å². The Morgan fingerprint density at radius 1 is 2.00 bits per heavy atom. The fourth-order valence-corrected chi connectivity index (χ4v) is 0. The Hall–Kier alpha value is 0.487. The highest BCUT2D eigenvalue weighted by atomic mass is 32.3. The highest BCUT2D eigenvalue weighted by Crippen LogP contribution is 1.59. The topological polar surface area (TPSA) is 46.2 Å². The third-order valence-electron chi connectivity index (χ3n) is 0. The molecule has 0 aromatic carbocycles. The van der Waals surface area contributed by atoms with Crippen LogP contribution in [0.3, 0.4) is 0 Å². The number of thiol groups is 1. The minimum absolute atomic E-state index is 1.94. The van der Waals surface area contributed by atoms with Gasteiger partial charge < -0.3 is 10.2 Å². The van der Waals surface area contributed by atoms with E-state index in [0.717, 1.165) is 0 Å². The molecule has 3 N–H and O–H groups in total. The van der Waals surface area contributed by atoms with Crippen molar-refractivity contribution in [1.82, 2.24) is 0 Å². The van der Waals surface area contributed by atoms with Crippen molar-refractivity contribution in [2.75, 3.05) is 0 Å². The molecule has 0 fully saturated rings. The molecule has 0 aliphatic heterocycles. The molecule has 0 bridgehead atoms. The van der Waals surface area contributed by atoms with E-state index in [9.17, 15) is 0 Å². The lowest BCUT2D eigenvalue weighted by atomic mass is 13.9. The highest BCUT2D eigenvalue weighted by molar-refractivity contribution is 8.09. The largest absolute Gasteiger partial charge is 0.414 e. The van der Waals surface area contributed by atoms with Crippen LogP contribution in [-0.2, 0) is 0 Å². The molecule has 0 saturated heterocycles. The first-order valence-electron chi connectivity index (χ1n) is 0.850. The zero-order valence-corrected chi connectivity index (χ0v) is 4.10. The molecule has 2 nitrogen and oxygen atoms in total. The van der Waals surface area contributed by atoms with Crippen molar-refractivity contribution < 1.29 is 4.80 Å². The zero-order chi connectivity index (χ0) is 3.58. The number of rotatable bonds is 0. The van der Waals surface area contributed by atoms with E-state index in [1.54, 1.807) is 0 Å². The van der Waals surface area contributed by atoms with Crippen LogP contribution in [0.5, 0.6) is 0 Å². The van der Waals surface area contributed by atoms with E-state index in [-0.39, 0.29) is 0 Å². The molecule has 1 unspecified atom stereocenters. The van der Waals surface area contributed by atoms with Gasteiger partial charge in [0.25, 0.3) is 0 Å². The van der Waals surface area contributed by atoms with Crippen molar-refractivity contribution in [3.05, 3.63) is 0 Å². The molecule has 0 rings (SSSR count). The summed E-state index contributed by atoms with van der Waals surface area (Å²) in [6, 6.07) is 0. The maximum Gasteiger partial charge on any atom is 0.309 e. The van der Waals surface area contributed by atoms with Crippen LogP contribution in [0, 0.1) is 0 Å². The first kappa shape index (κ1) is 4.49. The number of hydrogen-bond donors (Lipinski definition) is 3. The minimum Gasteiger partial charge on any atom is -0.414 e. The van der Waals surface area contributed by atoms with Crippen molar-refractivity contribution in [3.8, 4) is 0 Å².